The van der Waals surface area contributed by atoms with Crippen molar-refractivity contribution < 1.29 is 24.5 Å². The fraction of sp³-hybridized carbons (Fsp3) is 0.923. The Bertz CT molecular complexity index is 256. The Morgan fingerprint density at radius 3 is 2.32 bits per heavy atom. The van der Waals surface area contributed by atoms with E-state index in [4.69, 9.17) is 19.7 Å². The second kappa shape index (κ2) is 8.47. The fourth-order valence-electron chi connectivity index (χ4n) is 1.95. The van der Waals surface area contributed by atoms with Gasteiger partial charge in [0.25, 0.3) is 0 Å². The lowest BCUT2D eigenvalue weighted by molar-refractivity contribution is -0.170. The first-order chi connectivity index (χ1) is 9.15. The largest absolute Gasteiger partial charge is 0.465 e. The minimum absolute atomic E-state index is 0.0192. The lowest BCUT2D eigenvalue weighted by Gasteiger charge is -2.39. The molecule has 0 aromatic rings. The van der Waals surface area contributed by atoms with Crippen molar-refractivity contribution >= 4 is 5.97 Å². The van der Waals surface area contributed by atoms with E-state index in [0.717, 1.165) is 6.42 Å². The summed E-state index contributed by atoms with van der Waals surface area (Å²) < 4.78 is 10.4. The highest BCUT2D eigenvalue weighted by molar-refractivity contribution is 5.69. The van der Waals surface area contributed by atoms with Crippen LogP contribution >= 0.6 is 0 Å². The molecule has 0 radical (unpaired) electrons. The quantitative estimate of drug-likeness (QED) is 0.530. The molecule has 6 heteroatoms. The molecule has 0 aromatic heterocycles. The topological polar surface area (TPSA) is 79.2 Å². The van der Waals surface area contributed by atoms with Gasteiger partial charge in [-0.15, -0.1) is 0 Å². The summed E-state index contributed by atoms with van der Waals surface area (Å²) in [6.07, 6.45) is 1.22. The van der Waals surface area contributed by atoms with Crippen molar-refractivity contribution in [3.05, 3.63) is 0 Å². The average molecular weight is 275 g/mol. The van der Waals surface area contributed by atoms with Gasteiger partial charge in [0.2, 0.25) is 0 Å². The molecule has 0 atom stereocenters. The highest BCUT2D eigenvalue weighted by atomic mass is 16.5. The molecule has 1 aliphatic heterocycles. The summed E-state index contributed by atoms with van der Waals surface area (Å²) in [6.45, 7) is 5.27. The Balaban J connectivity index is 2.19. The molecule has 0 aromatic carbocycles. The number of aliphatic hydroxyl groups excluding tert-OH is 2. The zero-order chi connectivity index (χ0) is 14.1. The molecule has 0 unspecified atom stereocenters. The number of rotatable bonds is 10. The van der Waals surface area contributed by atoms with Gasteiger partial charge in [-0.05, 0) is 6.42 Å². The normalized spacial score (nSPS) is 17.3. The number of hydrogen-bond acceptors (Lipinski definition) is 6. The van der Waals surface area contributed by atoms with Gasteiger partial charge in [0.05, 0.1) is 38.3 Å². The molecule has 0 spiro atoms. The van der Waals surface area contributed by atoms with E-state index >= 15 is 0 Å². The molecule has 0 saturated carbocycles. The van der Waals surface area contributed by atoms with Gasteiger partial charge in [-0.25, -0.2) is 0 Å². The van der Waals surface area contributed by atoms with Gasteiger partial charge in [0.15, 0.2) is 0 Å². The minimum Gasteiger partial charge on any atom is -0.465 e. The van der Waals surface area contributed by atoms with E-state index in [-0.39, 0.29) is 31.0 Å². The van der Waals surface area contributed by atoms with Crippen molar-refractivity contribution in [2.45, 2.75) is 19.8 Å². The molecule has 0 bridgehead atoms. The lowest BCUT2D eigenvalue weighted by Crippen LogP contribution is -2.46. The van der Waals surface area contributed by atoms with Crippen LogP contribution in [-0.2, 0) is 14.3 Å². The molecule has 1 aliphatic rings. The molecule has 112 valence electrons. The lowest BCUT2D eigenvalue weighted by atomic mass is 9.84. The molecular weight excluding hydrogens is 250 g/mol. The van der Waals surface area contributed by atoms with Gasteiger partial charge in [-0.2, -0.15) is 0 Å². The molecular formula is C13H25NO5. The Labute approximate surface area is 114 Å². The fourth-order valence-corrected chi connectivity index (χ4v) is 1.95. The zero-order valence-electron chi connectivity index (χ0n) is 11.6. The predicted molar refractivity (Wildman–Crippen MR) is 69.7 cm³/mol. The van der Waals surface area contributed by atoms with Crippen LogP contribution in [0.3, 0.4) is 0 Å². The van der Waals surface area contributed by atoms with Crippen LogP contribution < -0.4 is 0 Å². The maximum Gasteiger partial charge on any atom is 0.307 e. The second-order valence-electron chi connectivity index (χ2n) is 5.05. The average Bonchev–Trinajstić information content (AvgIpc) is 2.36. The number of nitrogens with zero attached hydrogens (tertiary/aromatic N) is 1. The van der Waals surface area contributed by atoms with Crippen LogP contribution in [-0.4, -0.2) is 73.8 Å². The van der Waals surface area contributed by atoms with Crippen LogP contribution in [0.25, 0.3) is 0 Å². The molecule has 1 rings (SSSR count). The van der Waals surface area contributed by atoms with E-state index in [1.165, 1.54) is 0 Å². The van der Waals surface area contributed by atoms with Crippen LogP contribution in [0.5, 0.6) is 0 Å². The maximum atomic E-state index is 11.6. The molecule has 1 saturated heterocycles. The highest BCUT2D eigenvalue weighted by Crippen LogP contribution is 2.31. The zero-order valence-corrected chi connectivity index (χ0v) is 11.6. The number of carbonyl (C=O) groups excluding carboxylic acids is 1. The number of ether oxygens (including phenoxy) is 2. The third kappa shape index (κ3) is 5.44. The number of hydrogen-bond donors (Lipinski definition) is 2. The molecule has 0 amide bonds. The molecule has 1 heterocycles. The molecule has 6 nitrogen and oxygen atoms in total. The predicted octanol–water partition coefficient (Wildman–Crippen LogP) is -0.367. The standard InChI is InChI=1S/C13H25NO5/c1-2-13(9-18-10-13)11-19-12(17)3-4-14(5-7-15)6-8-16/h15-16H,2-11H2,1H3. The first-order valence-corrected chi connectivity index (χ1v) is 6.83. The maximum absolute atomic E-state index is 11.6. The first-order valence-electron chi connectivity index (χ1n) is 6.83. The van der Waals surface area contributed by atoms with Crippen LogP contribution in [0.15, 0.2) is 0 Å². The van der Waals surface area contributed by atoms with E-state index in [1.807, 2.05) is 4.90 Å². The summed E-state index contributed by atoms with van der Waals surface area (Å²) >= 11 is 0. The second-order valence-corrected chi connectivity index (χ2v) is 5.05. The van der Waals surface area contributed by atoms with Gasteiger partial charge >= 0.3 is 5.97 Å². The summed E-state index contributed by atoms with van der Waals surface area (Å²) in [7, 11) is 0. The Hall–Kier alpha value is -0.690. The van der Waals surface area contributed by atoms with Gasteiger partial charge in [-0.3, -0.25) is 9.69 Å². The Morgan fingerprint density at radius 2 is 1.89 bits per heavy atom. The number of carbonyl (C=O) groups is 1. The smallest absolute Gasteiger partial charge is 0.307 e. The van der Waals surface area contributed by atoms with Crippen molar-refractivity contribution in [1.29, 1.82) is 0 Å². The van der Waals surface area contributed by atoms with E-state index in [2.05, 4.69) is 6.92 Å². The molecule has 2 N–H and O–H groups in total. The highest BCUT2D eigenvalue weighted by Gasteiger charge is 2.38. The number of esters is 1. The van der Waals surface area contributed by atoms with Gasteiger partial charge in [0, 0.05) is 19.6 Å². The van der Waals surface area contributed by atoms with Gasteiger partial charge in [-0.1, -0.05) is 6.92 Å². The summed E-state index contributed by atoms with van der Waals surface area (Å²) in [5.74, 6) is -0.236. The van der Waals surface area contributed by atoms with Gasteiger partial charge in [0.1, 0.15) is 6.61 Å². The molecule has 0 aliphatic carbocycles. The van der Waals surface area contributed by atoms with Crippen LogP contribution in [0.2, 0.25) is 0 Å². The Morgan fingerprint density at radius 1 is 1.26 bits per heavy atom. The van der Waals surface area contributed by atoms with Crippen molar-refractivity contribution in [3.63, 3.8) is 0 Å². The van der Waals surface area contributed by atoms with Crippen LogP contribution in [0, 0.1) is 5.41 Å². The van der Waals surface area contributed by atoms with E-state index in [0.29, 0.717) is 39.5 Å². The monoisotopic (exact) mass is 275 g/mol. The first kappa shape index (κ1) is 16.4. The molecule has 1 fully saturated rings. The summed E-state index contributed by atoms with van der Waals surface area (Å²) in [5, 5.41) is 17.7. The van der Waals surface area contributed by atoms with Gasteiger partial charge < -0.3 is 19.7 Å². The van der Waals surface area contributed by atoms with Crippen molar-refractivity contribution in [3.8, 4) is 0 Å². The summed E-state index contributed by atoms with van der Waals surface area (Å²) in [4.78, 5) is 13.5. The van der Waals surface area contributed by atoms with Crippen molar-refractivity contribution in [2.24, 2.45) is 5.41 Å². The third-order valence-corrected chi connectivity index (χ3v) is 3.57. The van der Waals surface area contributed by atoms with E-state index in [9.17, 15) is 4.79 Å². The third-order valence-electron chi connectivity index (χ3n) is 3.57. The summed E-state index contributed by atoms with van der Waals surface area (Å²) in [6, 6.07) is 0. The van der Waals surface area contributed by atoms with E-state index < -0.39 is 0 Å². The number of aliphatic hydroxyl groups is 2. The molecule has 19 heavy (non-hydrogen) atoms. The van der Waals surface area contributed by atoms with E-state index in [1.54, 1.807) is 0 Å². The van der Waals surface area contributed by atoms with Crippen LogP contribution in [0.1, 0.15) is 19.8 Å². The van der Waals surface area contributed by atoms with Crippen molar-refractivity contribution in [1.82, 2.24) is 4.90 Å². The SMILES string of the molecule is CCC1(COC(=O)CCN(CCO)CCO)COC1. The van der Waals surface area contributed by atoms with Crippen molar-refractivity contribution in [2.75, 3.05) is 52.7 Å². The summed E-state index contributed by atoms with van der Waals surface area (Å²) in [5.41, 5.74) is 0.0194. The Kier molecular flexibility index (Phi) is 7.30. The minimum atomic E-state index is -0.236. The van der Waals surface area contributed by atoms with Crippen LogP contribution in [0.4, 0.5) is 0 Å².